The van der Waals surface area contributed by atoms with Crippen LogP contribution < -0.4 is 0 Å². The zero-order chi connectivity index (χ0) is 12.4. The number of halogens is 2. The number of carbonyl (C=O) groups is 1. The predicted octanol–water partition coefficient (Wildman–Crippen LogP) is 1.78. The molecule has 2 rings (SSSR count). The summed E-state index contributed by atoms with van der Waals surface area (Å²) in [5, 5.41) is 0.630. The van der Waals surface area contributed by atoms with E-state index in [0.29, 0.717) is 18.1 Å². The van der Waals surface area contributed by atoms with Crippen molar-refractivity contribution < 1.29 is 4.79 Å². The third-order valence-corrected chi connectivity index (χ3v) is 3.32. The van der Waals surface area contributed by atoms with Crippen molar-refractivity contribution in [1.82, 2.24) is 14.8 Å². The summed E-state index contributed by atoms with van der Waals surface area (Å²) in [6.07, 6.45) is 0. The van der Waals surface area contributed by atoms with Crippen molar-refractivity contribution in [3.8, 4) is 0 Å². The minimum atomic E-state index is -0.148. The summed E-state index contributed by atoms with van der Waals surface area (Å²) in [6, 6.07) is 3.17. The van der Waals surface area contributed by atoms with Crippen molar-refractivity contribution in [2.45, 2.75) is 0 Å². The number of piperazine rings is 1. The average Bonchev–Trinajstić information content (AvgIpc) is 2.32. The number of likely N-dealkylation sites (N-methyl/N-ethyl adjacent to an activating group) is 1. The van der Waals surface area contributed by atoms with Crippen LogP contribution in [0.5, 0.6) is 0 Å². The van der Waals surface area contributed by atoms with Crippen LogP contribution >= 0.6 is 23.2 Å². The molecule has 1 aliphatic rings. The number of pyridine rings is 1. The Morgan fingerprint density at radius 2 is 1.88 bits per heavy atom. The van der Waals surface area contributed by atoms with Crippen molar-refractivity contribution in [3.63, 3.8) is 0 Å². The van der Waals surface area contributed by atoms with E-state index in [9.17, 15) is 4.79 Å². The molecule has 0 saturated carbocycles. The zero-order valence-electron chi connectivity index (χ0n) is 9.49. The molecule has 0 aliphatic carbocycles. The molecule has 0 unspecified atom stereocenters. The summed E-state index contributed by atoms with van der Waals surface area (Å²) in [7, 11) is 2.03. The van der Waals surface area contributed by atoms with Gasteiger partial charge in [-0.25, -0.2) is 4.98 Å². The van der Waals surface area contributed by atoms with Crippen molar-refractivity contribution in [1.29, 1.82) is 0 Å². The molecule has 1 aromatic heterocycles. The summed E-state index contributed by atoms with van der Waals surface area (Å²) in [6.45, 7) is 3.12. The van der Waals surface area contributed by atoms with Crippen LogP contribution in [-0.2, 0) is 0 Å². The van der Waals surface area contributed by atoms with E-state index in [-0.39, 0.29) is 16.8 Å². The maximum atomic E-state index is 12.2. The number of rotatable bonds is 1. The Hall–Kier alpha value is -0.840. The minimum absolute atomic E-state index is 0.148. The van der Waals surface area contributed by atoms with Crippen LogP contribution in [0.25, 0.3) is 0 Å². The smallest absolute Gasteiger partial charge is 0.274 e. The normalized spacial score (nSPS) is 17.2. The van der Waals surface area contributed by atoms with Gasteiger partial charge in [-0.2, -0.15) is 0 Å². The molecule has 92 valence electrons. The second-order valence-corrected chi connectivity index (χ2v) is 4.85. The monoisotopic (exact) mass is 273 g/mol. The van der Waals surface area contributed by atoms with E-state index >= 15 is 0 Å². The van der Waals surface area contributed by atoms with E-state index in [2.05, 4.69) is 9.88 Å². The molecule has 1 amide bonds. The van der Waals surface area contributed by atoms with Gasteiger partial charge in [0.2, 0.25) is 0 Å². The summed E-state index contributed by atoms with van der Waals surface area (Å²) < 4.78 is 0. The van der Waals surface area contributed by atoms with Crippen LogP contribution in [-0.4, -0.2) is 53.9 Å². The van der Waals surface area contributed by atoms with Gasteiger partial charge in [-0.05, 0) is 19.2 Å². The maximum Gasteiger partial charge on any atom is 0.274 e. The van der Waals surface area contributed by atoms with Crippen molar-refractivity contribution in [2.24, 2.45) is 0 Å². The molecule has 1 saturated heterocycles. The lowest BCUT2D eigenvalue weighted by Crippen LogP contribution is -2.47. The van der Waals surface area contributed by atoms with Gasteiger partial charge < -0.3 is 9.80 Å². The highest BCUT2D eigenvalue weighted by Gasteiger charge is 2.23. The van der Waals surface area contributed by atoms with Gasteiger partial charge >= 0.3 is 0 Å². The van der Waals surface area contributed by atoms with Crippen LogP contribution in [0.2, 0.25) is 10.2 Å². The standard InChI is InChI=1S/C11H13Cl2N3O/c1-15-4-6-16(7-5-15)11(17)10-8(12)2-3-9(13)14-10/h2-3H,4-7H2,1H3. The quantitative estimate of drug-likeness (QED) is 0.732. The molecular formula is C11H13Cl2N3O. The zero-order valence-corrected chi connectivity index (χ0v) is 11.0. The van der Waals surface area contributed by atoms with Gasteiger partial charge in [0.1, 0.15) is 10.8 Å². The van der Waals surface area contributed by atoms with Crippen LogP contribution in [0.3, 0.4) is 0 Å². The Morgan fingerprint density at radius 1 is 1.24 bits per heavy atom. The maximum absolute atomic E-state index is 12.2. The van der Waals surface area contributed by atoms with E-state index in [0.717, 1.165) is 13.1 Å². The van der Waals surface area contributed by atoms with Crippen LogP contribution in [0.1, 0.15) is 10.5 Å². The van der Waals surface area contributed by atoms with Gasteiger partial charge in [0, 0.05) is 26.2 Å². The fourth-order valence-corrected chi connectivity index (χ4v) is 2.06. The molecule has 1 aromatic rings. The Balaban J connectivity index is 2.16. The fourth-order valence-electron chi connectivity index (χ4n) is 1.73. The summed E-state index contributed by atoms with van der Waals surface area (Å²) in [5.74, 6) is -0.148. The second-order valence-electron chi connectivity index (χ2n) is 4.06. The first-order valence-electron chi connectivity index (χ1n) is 5.38. The molecule has 0 N–H and O–H groups in total. The van der Waals surface area contributed by atoms with Crippen molar-refractivity contribution >= 4 is 29.1 Å². The predicted molar refractivity (Wildman–Crippen MR) is 67.7 cm³/mol. The topological polar surface area (TPSA) is 36.4 Å². The Morgan fingerprint density at radius 3 is 2.53 bits per heavy atom. The number of hydrogen-bond donors (Lipinski definition) is 0. The van der Waals surface area contributed by atoms with Gasteiger partial charge in [-0.3, -0.25) is 4.79 Å². The SMILES string of the molecule is CN1CCN(C(=O)c2nc(Cl)ccc2Cl)CC1. The Labute approximate surface area is 110 Å². The molecule has 6 heteroatoms. The molecule has 0 aromatic carbocycles. The number of hydrogen-bond acceptors (Lipinski definition) is 3. The lowest BCUT2D eigenvalue weighted by atomic mass is 10.2. The average molecular weight is 274 g/mol. The molecule has 0 bridgehead atoms. The molecule has 0 radical (unpaired) electrons. The van der Waals surface area contributed by atoms with Gasteiger partial charge in [0.05, 0.1) is 5.02 Å². The first kappa shape index (κ1) is 12.6. The molecule has 2 heterocycles. The third-order valence-electron chi connectivity index (χ3n) is 2.81. The van der Waals surface area contributed by atoms with Gasteiger partial charge in [0.15, 0.2) is 0 Å². The number of nitrogens with zero attached hydrogens (tertiary/aromatic N) is 3. The molecule has 0 spiro atoms. The molecule has 0 atom stereocenters. The molecule has 1 aliphatic heterocycles. The van der Waals surface area contributed by atoms with Crippen molar-refractivity contribution in [2.75, 3.05) is 33.2 Å². The van der Waals surface area contributed by atoms with Crippen LogP contribution in [0.4, 0.5) is 0 Å². The number of carbonyl (C=O) groups excluding carboxylic acids is 1. The van der Waals surface area contributed by atoms with E-state index in [1.807, 2.05) is 7.05 Å². The second kappa shape index (κ2) is 5.21. The fraction of sp³-hybridized carbons (Fsp3) is 0.455. The highest BCUT2D eigenvalue weighted by atomic mass is 35.5. The van der Waals surface area contributed by atoms with E-state index in [1.165, 1.54) is 0 Å². The summed E-state index contributed by atoms with van der Waals surface area (Å²) >= 11 is 11.7. The van der Waals surface area contributed by atoms with Crippen LogP contribution in [0, 0.1) is 0 Å². The molecule has 17 heavy (non-hydrogen) atoms. The van der Waals surface area contributed by atoms with E-state index in [1.54, 1.807) is 17.0 Å². The Kier molecular flexibility index (Phi) is 3.86. The first-order chi connectivity index (χ1) is 8.08. The molecular weight excluding hydrogens is 261 g/mol. The molecule has 1 fully saturated rings. The molecule has 4 nitrogen and oxygen atoms in total. The minimum Gasteiger partial charge on any atom is -0.335 e. The highest BCUT2D eigenvalue weighted by molar-refractivity contribution is 6.34. The van der Waals surface area contributed by atoms with Crippen LogP contribution in [0.15, 0.2) is 12.1 Å². The summed E-state index contributed by atoms with van der Waals surface area (Å²) in [4.78, 5) is 20.1. The third kappa shape index (κ3) is 2.89. The van der Waals surface area contributed by atoms with E-state index in [4.69, 9.17) is 23.2 Å². The lowest BCUT2D eigenvalue weighted by Gasteiger charge is -2.32. The number of aromatic nitrogens is 1. The van der Waals surface area contributed by atoms with Gasteiger partial charge in [-0.15, -0.1) is 0 Å². The van der Waals surface area contributed by atoms with E-state index < -0.39 is 0 Å². The number of amides is 1. The first-order valence-corrected chi connectivity index (χ1v) is 6.13. The van der Waals surface area contributed by atoms with Gasteiger partial charge in [-0.1, -0.05) is 23.2 Å². The highest BCUT2D eigenvalue weighted by Crippen LogP contribution is 2.19. The Bertz CT molecular complexity index is 431. The summed E-state index contributed by atoms with van der Waals surface area (Å²) in [5.41, 5.74) is 0.240. The van der Waals surface area contributed by atoms with Crippen molar-refractivity contribution in [3.05, 3.63) is 28.0 Å². The lowest BCUT2D eigenvalue weighted by molar-refractivity contribution is 0.0658. The largest absolute Gasteiger partial charge is 0.335 e. The van der Waals surface area contributed by atoms with Gasteiger partial charge in [0.25, 0.3) is 5.91 Å².